The lowest BCUT2D eigenvalue weighted by atomic mass is 9.64. The first kappa shape index (κ1) is 54.2. The number of methoxy groups -OCH3 is 1. The number of rotatable bonds is 12. The predicted octanol–water partition coefficient (Wildman–Crippen LogP) is 7.14. The van der Waals surface area contributed by atoms with E-state index < -0.39 is 82.9 Å². The topological polar surface area (TPSA) is 197 Å². The molecule has 17 heteroatoms. The number of para-hydroxylation sites is 1. The van der Waals surface area contributed by atoms with Crippen molar-refractivity contribution in [3.05, 3.63) is 155 Å². The van der Waals surface area contributed by atoms with E-state index in [4.69, 9.17) is 23.7 Å². The number of hydrogen-bond acceptors (Lipinski definition) is 14. The number of imide groups is 1. The Morgan fingerprint density at radius 2 is 1.49 bits per heavy atom. The number of fused-ring (bicyclic) bond motifs is 4. The van der Waals surface area contributed by atoms with Crippen LogP contribution < -0.4 is 24.4 Å². The van der Waals surface area contributed by atoms with Gasteiger partial charge in [-0.15, -0.1) is 0 Å². The van der Waals surface area contributed by atoms with Gasteiger partial charge in [0, 0.05) is 43.9 Å². The molecule has 4 amide bonds. The van der Waals surface area contributed by atoms with Crippen LogP contribution in [0.25, 0.3) is 0 Å². The van der Waals surface area contributed by atoms with E-state index in [-0.39, 0.29) is 50.1 Å². The molecule has 80 heavy (non-hydrogen) atoms. The third kappa shape index (κ3) is 9.92. The molecular weight excluding hydrogens is 1020 g/mol. The molecule has 11 rings (SSSR count). The van der Waals surface area contributed by atoms with Crippen LogP contribution >= 0.6 is 0 Å². The molecule has 7 unspecified atom stereocenters. The summed E-state index contributed by atoms with van der Waals surface area (Å²) in [7, 11) is 1.22. The third-order valence-electron chi connectivity index (χ3n) is 16.8. The molecule has 5 aliphatic heterocycles. The molecule has 5 heterocycles. The zero-order chi connectivity index (χ0) is 55.7. The number of carbonyl (C=O) groups is 5. The lowest BCUT2D eigenvalue weighted by molar-refractivity contribution is -0.179. The van der Waals surface area contributed by atoms with Crippen molar-refractivity contribution in [2.75, 3.05) is 58.2 Å². The van der Waals surface area contributed by atoms with E-state index in [1.54, 1.807) is 61.2 Å². The molecule has 0 radical (unpaired) electrons. The van der Waals surface area contributed by atoms with Gasteiger partial charge >= 0.3 is 18.0 Å². The molecule has 17 nitrogen and oxygen atoms in total. The van der Waals surface area contributed by atoms with Gasteiger partial charge in [0.2, 0.25) is 18.6 Å². The number of ether oxygens (including phenoxy) is 5. The standard InChI is InChI=1S/C63H67N5O12/c1-40(2)52(58(71)76-3)64-61(74)67-47-24-22-41(26-29-62(75)27-14-4-5-15-28-62)36-46(47)63(60(67)73)51(57(70)66-32-30-65(31-33-66)38-42-23-25-49-50(37-42)79-39-78-49)54-59(72)80-55(44-18-10-7-11-19-44)53(43-16-8-6-9-17-43)68(54)56(63)45-20-12-13-21-48(45)77-35-34-69/h6-13,16-25,36-37,40,51-56,69,75H,4-5,14-15,27-28,30-35,38-39H2,1-3H3,(H,64,74). The molecule has 1 aliphatic carbocycles. The first-order valence-electron chi connectivity index (χ1n) is 27.8. The average Bonchev–Trinajstić information content (AvgIpc) is 1.88. The summed E-state index contributed by atoms with van der Waals surface area (Å²) >= 11 is 0. The Kier molecular flexibility index (Phi) is 15.4. The number of urea groups is 1. The molecule has 3 saturated heterocycles. The summed E-state index contributed by atoms with van der Waals surface area (Å²) in [5.74, 6) is 3.15. The number of esters is 2. The Hall–Kier alpha value is -7.75. The monoisotopic (exact) mass is 1090 g/mol. The van der Waals surface area contributed by atoms with Gasteiger partial charge < -0.3 is 44.1 Å². The van der Waals surface area contributed by atoms with Crippen LogP contribution in [-0.4, -0.2) is 126 Å². The van der Waals surface area contributed by atoms with E-state index in [2.05, 4.69) is 22.1 Å². The second-order valence-corrected chi connectivity index (χ2v) is 21.9. The van der Waals surface area contributed by atoms with Crippen molar-refractivity contribution in [2.45, 2.75) is 100 Å². The molecular formula is C63H67N5O12. The third-order valence-corrected chi connectivity index (χ3v) is 16.8. The predicted molar refractivity (Wildman–Crippen MR) is 294 cm³/mol. The van der Waals surface area contributed by atoms with Crippen molar-refractivity contribution in [3.63, 3.8) is 0 Å². The highest BCUT2D eigenvalue weighted by Gasteiger charge is 2.76. The lowest BCUT2D eigenvalue weighted by Gasteiger charge is -2.46. The van der Waals surface area contributed by atoms with Crippen LogP contribution in [0.5, 0.6) is 17.2 Å². The average molecular weight is 1090 g/mol. The van der Waals surface area contributed by atoms with Gasteiger partial charge in [-0.3, -0.25) is 24.2 Å². The van der Waals surface area contributed by atoms with Gasteiger partial charge in [0.1, 0.15) is 41.6 Å². The van der Waals surface area contributed by atoms with Crippen LogP contribution in [0.2, 0.25) is 0 Å². The Labute approximate surface area is 465 Å². The molecule has 3 N–H and O–H groups in total. The zero-order valence-corrected chi connectivity index (χ0v) is 45.3. The molecule has 416 valence electrons. The van der Waals surface area contributed by atoms with Gasteiger partial charge in [0.05, 0.1) is 37.4 Å². The van der Waals surface area contributed by atoms with Crippen LogP contribution in [0, 0.1) is 23.7 Å². The summed E-state index contributed by atoms with van der Waals surface area (Å²) in [6.45, 7) is 5.02. The van der Waals surface area contributed by atoms with Crippen LogP contribution in [0.1, 0.15) is 104 Å². The number of piperazine rings is 1. The normalized spacial score (nSPS) is 24.5. The van der Waals surface area contributed by atoms with Crippen LogP contribution in [0.3, 0.4) is 0 Å². The van der Waals surface area contributed by atoms with Crippen molar-refractivity contribution in [3.8, 4) is 29.1 Å². The fraction of sp³-hybridized carbons (Fsp3) is 0.413. The van der Waals surface area contributed by atoms with Crippen molar-refractivity contribution in [1.82, 2.24) is 20.0 Å². The number of anilines is 1. The van der Waals surface area contributed by atoms with E-state index >= 15 is 19.2 Å². The minimum atomic E-state index is -2.18. The smallest absolute Gasteiger partial charge is 0.329 e. The Balaban J connectivity index is 1.15. The molecule has 6 aliphatic rings. The Morgan fingerprint density at radius 1 is 0.800 bits per heavy atom. The highest BCUT2D eigenvalue weighted by atomic mass is 16.7. The summed E-state index contributed by atoms with van der Waals surface area (Å²) in [5.41, 5.74) is 0.0426. The van der Waals surface area contributed by atoms with Crippen LogP contribution in [0.15, 0.2) is 121 Å². The number of amides is 4. The first-order valence-corrected chi connectivity index (χ1v) is 27.8. The number of nitrogens with one attached hydrogen (secondary N) is 1. The fourth-order valence-electron chi connectivity index (χ4n) is 13.0. The molecule has 0 aromatic heterocycles. The summed E-state index contributed by atoms with van der Waals surface area (Å²) in [6, 6.07) is 31.0. The summed E-state index contributed by atoms with van der Waals surface area (Å²) in [5, 5.41) is 25.0. The Morgan fingerprint density at radius 3 is 2.19 bits per heavy atom. The van der Waals surface area contributed by atoms with Gasteiger partial charge in [0.25, 0.3) is 0 Å². The quantitative estimate of drug-likeness (QED) is 0.0648. The summed E-state index contributed by atoms with van der Waals surface area (Å²) < 4.78 is 29.5. The molecule has 5 aromatic rings. The maximum atomic E-state index is 17.1. The maximum Gasteiger partial charge on any atom is 0.329 e. The second kappa shape index (κ2) is 22.8. The van der Waals surface area contributed by atoms with Gasteiger partial charge in [-0.25, -0.2) is 14.5 Å². The highest BCUT2D eigenvalue weighted by molar-refractivity contribution is 6.25. The van der Waals surface area contributed by atoms with E-state index in [1.165, 1.54) is 7.11 Å². The number of morpholine rings is 1. The number of nitrogens with zero attached hydrogens (tertiary/aromatic N) is 4. The van der Waals surface area contributed by atoms with Gasteiger partial charge in [-0.2, -0.15) is 0 Å². The van der Waals surface area contributed by atoms with Crippen molar-refractivity contribution < 1.29 is 57.9 Å². The maximum absolute atomic E-state index is 17.1. The molecule has 4 fully saturated rings. The minimum absolute atomic E-state index is 0.104. The number of cyclic esters (lactones) is 1. The number of benzene rings is 5. The summed E-state index contributed by atoms with van der Waals surface area (Å²) in [4.78, 5) is 85.4. The lowest BCUT2D eigenvalue weighted by Crippen LogP contribution is -2.59. The summed E-state index contributed by atoms with van der Waals surface area (Å²) in [6.07, 6.45) is 3.53. The molecule has 0 bridgehead atoms. The zero-order valence-electron chi connectivity index (χ0n) is 45.3. The van der Waals surface area contributed by atoms with Gasteiger partial charge in [0.15, 0.2) is 11.5 Å². The minimum Gasteiger partial charge on any atom is -0.491 e. The van der Waals surface area contributed by atoms with Crippen molar-refractivity contribution in [1.29, 1.82) is 0 Å². The number of hydrogen-bond donors (Lipinski definition) is 3. The number of aliphatic hydroxyl groups is 2. The van der Waals surface area contributed by atoms with E-state index in [0.29, 0.717) is 66.2 Å². The molecule has 1 spiro atoms. The second-order valence-electron chi connectivity index (χ2n) is 21.9. The van der Waals surface area contributed by atoms with E-state index in [9.17, 15) is 15.0 Å². The van der Waals surface area contributed by atoms with Crippen molar-refractivity contribution in [2.24, 2.45) is 11.8 Å². The molecule has 7 atom stereocenters. The Bertz CT molecular complexity index is 3200. The van der Waals surface area contributed by atoms with E-state index in [0.717, 1.165) is 36.1 Å². The van der Waals surface area contributed by atoms with Crippen molar-refractivity contribution >= 4 is 35.5 Å². The largest absolute Gasteiger partial charge is 0.491 e. The van der Waals surface area contributed by atoms with Gasteiger partial charge in [-0.1, -0.05) is 123 Å². The fourth-order valence-corrected chi connectivity index (χ4v) is 13.0. The first-order chi connectivity index (χ1) is 38.8. The van der Waals surface area contributed by atoms with Crippen LogP contribution in [-0.2, 0) is 40.6 Å². The van der Waals surface area contributed by atoms with E-state index in [1.807, 2.05) is 83.8 Å². The van der Waals surface area contributed by atoms with Gasteiger partial charge in [-0.05, 0) is 90.3 Å². The number of carbonyl (C=O) groups excluding carboxylic acids is 5. The van der Waals surface area contributed by atoms with Crippen LogP contribution in [0.4, 0.5) is 10.5 Å². The molecule has 1 saturated carbocycles. The highest BCUT2D eigenvalue weighted by Crippen LogP contribution is 2.67. The SMILES string of the molecule is COC(=O)C(NC(=O)N1C(=O)C2(c3cc(C#CC4(O)CCCCCC4)ccc31)C(C(=O)N1CCN(Cc3ccc4c(c3)OCO4)CC1)C1C(=O)OC(c3ccccc3)C(c3ccccc3)N1C2c1ccccc1OCCO)C(C)C. The molecule has 5 aromatic carbocycles. The number of aliphatic hydroxyl groups excluding tert-OH is 1.